The van der Waals surface area contributed by atoms with Crippen molar-refractivity contribution < 1.29 is 0 Å². The lowest BCUT2D eigenvalue weighted by atomic mass is 9.59. The SMILES string of the molecule is CCCNCC1(c2ccc(C)c(C)c2)CC(C)C1. The van der Waals surface area contributed by atoms with Crippen molar-refractivity contribution in [2.24, 2.45) is 5.92 Å². The zero-order valence-corrected chi connectivity index (χ0v) is 12.3. The molecule has 1 heteroatoms. The molecule has 2 rings (SSSR count). The normalized spacial score (nSPS) is 27.0. The van der Waals surface area contributed by atoms with E-state index in [2.05, 4.69) is 51.2 Å². The molecule has 0 unspecified atom stereocenters. The van der Waals surface area contributed by atoms with Crippen molar-refractivity contribution in [2.45, 2.75) is 52.4 Å². The Balaban J connectivity index is 2.16. The molecule has 0 amide bonds. The average Bonchev–Trinajstić information content (AvgIpc) is 2.30. The number of benzene rings is 1. The summed E-state index contributed by atoms with van der Waals surface area (Å²) < 4.78 is 0. The average molecular weight is 245 g/mol. The van der Waals surface area contributed by atoms with E-state index in [0.717, 1.165) is 19.0 Å². The molecule has 0 bridgehead atoms. The summed E-state index contributed by atoms with van der Waals surface area (Å²) in [7, 11) is 0. The first kappa shape index (κ1) is 13.6. The Morgan fingerprint density at radius 1 is 1.22 bits per heavy atom. The standard InChI is InChI=1S/C17H27N/c1-5-8-18-12-17(10-13(2)11-17)16-7-6-14(3)15(4)9-16/h6-7,9,13,18H,5,8,10-12H2,1-4H3. The van der Waals surface area contributed by atoms with E-state index in [1.807, 2.05) is 0 Å². The molecular weight excluding hydrogens is 218 g/mol. The molecule has 0 saturated heterocycles. The van der Waals surface area contributed by atoms with Crippen LogP contribution in [-0.2, 0) is 5.41 Å². The van der Waals surface area contributed by atoms with Gasteiger partial charge in [-0.15, -0.1) is 0 Å². The Morgan fingerprint density at radius 3 is 2.50 bits per heavy atom. The van der Waals surface area contributed by atoms with Crippen LogP contribution >= 0.6 is 0 Å². The van der Waals surface area contributed by atoms with Crippen LogP contribution in [-0.4, -0.2) is 13.1 Å². The molecule has 1 nitrogen and oxygen atoms in total. The summed E-state index contributed by atoms with van der Waals surface area (Å²) in [5.41, 5.74) is 4.80. The minimum atomic E-state index is 0.410. The van der Waals surface area contributed by atoms with E-state index in [4.69, 9.17) is 0 Å². The lowest BCUT2D eigenvalue weighted by Gasteiger charge is -2.47. The summed E-state index contributed by atoms with van der Waals surface area (Å²) >= 11 is 0. The highest BCUT2D eigenvalue weighted by Gasteiger charge is 2.42. The highest BCUT2D eigenvalue weighted by molar-refractivity contribution is 5.36. The zero-order chi connectivity index (χ0) is 13.2. The summed E-state index contributed by atoms with van der Waals surface area (Å²) in [4.78, 5) is 0. The summed E-state index contributed by atoms with van der Waals surface area (Å²) in [6, 6.07) is 7.05. The Morgan fingerprint density at radius 2 is 1.94 bits per heavy atom. The third-order valence-corrected chi connectivity index (χ3v) is 4.49. The third-order valence-electron chi connectivity index (χ3n) is 4.49. The van der Waals surface area contributed by atoms with E-state index in [1.165, 1.54) is 30.4 Å². The lowest BCUT2D eigenvalue weighted by molar-refractivity contribution is 0.153. The monoisotopic (exact) mass is 245 g/mol. The predicted molar refractivity (Wildman–Crippen MR) is 79.2 cm³/mol. The maximum Gasteiger partial charge on any atom is 0.00829 e. The van der Waals surface area contributed by atoms with Crippen LogP contribution in [0.2, 0.25) is 0 Å². The molecule has 100 valence electrons. The maximum absolute atomic E-state index is 3.63. The van der Waals surface area contributed by atoms with Crippen LogP contribution in [0.4, 0.5) is 0 Å². The van der Waals surface area contributed by atoms with Crippen LogP contribution in [0.1, 0.15) is 49.8 Å². The Hall–Kier alpha value is -0.820. The number of hydrogen-bond donors (Lipinski definition) is 1. The van der Waals surface area contributed by atoms with Gasteiger partial charge in [-0.1, -0.05) is 32.0 Å². The molecule has 1 saturated carbocycles. The highest BCUT2D eigenvalue weighted by atomic mass is 14.9. The Bertz CT molecular complexity index is 402. The fraction of sp³-hybridized carbons (Fsp3) is 0.647. The lowest BCUT2D eigenvalue weighted by Crippen LogP contribution is -2.48. The number of hydrogen-bond acceptors (Lipinski definition) is 1. The topological polar surface area (TPSA) is 12.0 Å². The minimum Gasteiger partial charge on any atom is -0.316 e. The van der Waals surface area contributed by atoms with E-state index in [0.29, 0.717) is 5.41 Å². The van der Waals surface area contributed by atoms with Gasteiger partial charge in [0.1, 0.15) is 0 Å². The van der Waals surface area contributed by atoms with Gasteiger partial charge in [0.15, 0.2) is 0 Å². The van der Waals surface area contributed by atoms with Crippen molar-refractivity contribution >= 4 is 0 Å². The second-order valence-corrected chi connectivity index (χ2v) is 6.27. The fourth-order valence-electron chi connectivity index (χ4n) is 3.33. The van der Waals surface area contributed by atoms with Crippen molar-refractivity contribution in [1.82, 2.24) is 5.32 Å². The number of nitrogens with one attached hydrogen (secondary N) is 1. The second-order valence-electron chi connectivity index (χ2n) is 6.27. The first-order valence-electron chi connectivity index (χ1n) is 7.36. The highest BCUT2D eigenvalue weighted by Crippen LogP contribution is 2.47. The third kappa shape index (κ3) is 2.61. The van der Waals surface area contributed by atoms with Gasteiger partial charge >= 0.3 is 0 Å². The van der Waals surface area contributed by atoms with E-state index in [9.17, 15) is 0 Å². The summed E-state index contributed by atoms with van der Waals surface area (Å²) in [6.45, 7) is 11.3. The molecule has 0 radical (unpaired) electrons. The van der Waals surface area contributed by atoms with E-state index in [-0.39, 0.29) is 0 Å². The van der Waals surface area contributed by atoms with Gasteiger partial charge in [-0.2, -0.15) is 0 Å². The summed E-state index contributed by atoms with van der Waals surface area (Å²) in [5, 5.41) is 3.63. The summed E-state index contributed by atoms with van der Waals surface area (Å²) in [6.07, 6.45) is 3.90. The molecule has 0 aromatic heterocycles. The minimum absolute atomic E-state index is 0.410. The van der Waals surface area contributed by atoms with Gasteiger partial charge in [0.05, 0.1) is 0 Å². The Labute approximate surface area is 112 Å². The molecule has 1 aliphatic rings. The van der Waals surface area contributed by atoms with E-state index in [1.54, 1.807) is 5.56 Å². The largest absolute Gasteiger partial charge is 0.316 e. The van der Waals surface area contributed by atoms with Crippen molar-refractivity contribution in [3.05, 3.63) is 34.9 Å². The second kappa shape index (κ2) is 5.44. The van der Waals surface area contributed by atoms with Crippen molar-refractivity contribution in [3.63, 3.8) is 0 Å². The van der Waals surface area contributed by atoms with Crippen LogP contribution in [0.3, 0.4) is 0 Å². The molecule has 0 aliphatic heterocycles. The van der Waals surface area contributed by atoms with Crippen LogP contribution in [0.5, 0.6) is 0 Å². The molecule has 1 aromatic carbocycles. The molecule has 1 aromatic rings. The van der Waals surface area contributed by atoms with Gasteiger partial charge in [-0.25, -0.2) is 0 Å². The van der Waals surface area contributed by atoms with E-state index < -0.39 is 0 Å². The van der Waals surface area contributed by atoms with Gasteiger partial charge in [-0.3, -0.25) is 0 Å². The molecule has 0 atom stereocenters. The van der Waals surface area contributed by atoms with Crippen molar-refractivity contribution in [3.8, 4) is 0 Å². The van der Waals surface area contributed by atoms with Crippen LogP contribution in [0.15, 0.2) is 18.2 Å². The first-order valence-corrected chi connectivity index (χ1v) is 7.36. The molecule has 1 N–H and O–H groups in total. The zero-order valence-electron chi connectivity index (χ0n) is 12.3. The van der Waals surface area contributed by atoms with Crippen molar-refractivity contribution in [2.75, 3.05) is 13.1 Å². The smallest absolute Gasteiger partial charge is 0.00829 e. The fourth-order valence-corrected chi connectivity index (χ4v) is 3.33. The van der Waals surface area contributed by atoms with Gasteiger partial charge in [-0.05, 0) is 62.3 Å². The van der Waals surface area contributed by atoms with Gasteiger partial charge in [0, 0.05) is 12.0 Å². The molecule has 1 aliphatic carbocycles. The number of rotatable bonds is 5. The van der Waals surface area contributed by atoms with E-state index >= 15 is 0 Å². The maximum atomic E-state index is 3.63. The van der Waals surface area contributed by atoms with Crippen LogP contribution < -0.4 is 5.32 Å². The molecule has 18 heavy (non-hydrogen) atoms. The number of aryl methyl sites for hydroxylation is 2. The van der Waals surface area contributed by atoms with Gasteiger partial charge in [0.25, 0.3) is 0 Å². The first-order chi connectivity index (χ1) is 8.57. The van der Waals surface area contributed by atoms with Crippen LogP contribution in [0.25, 0.3) is 0 Å². The van der Waals surface area contributed by atoms with Gasteiger partial charge < -0.3 is 5.32 Å². The Kier molecular flexibility index (Phi) is 4.11. The van der Waals surface area contributed by atoms with Crippen molar-refractivity contribution in [1.29, 1.82) is 0 Å². The molecule has 0 heterocycles. The molecule has 1 fully saturated rings. The quantitative estimate of drug-likeness (QED) is 0.774. The predicted octanol–water partition coefficient (Wildman–Crippen LogP) is 3.97. The molecule has 0 spiro atoms. The van der Waals surface area contributed by atoms with Gasteiger partial charge in [0.2, 0.25) is 0 Å². The summed E-state index contributed by atoms with van der Waals surface area (Å²) in [5.74, 6) is 0.884. The molecular formula is C17H27N. The van der Waals surface area contributed by atoms with Crippen LogP contribution in [0, 0.1) is 19.8 Å².